The average Bonchev–Trinajstić information content (AvgIpc) is 3.21. The second kappa shape index (κ2) is 8.03. The molecule has 1 saturated heterocycles. The molecule has 0 amide bonds. The third-order valence-corrected chi connectivity index (χ3v) is 5.43. The van der Waals surface area contributed by atoms with Crippen molar-refractivity contribution in [2.45, 2.75) is 26.4 Å². The van der Waals surface area contributed by atoms with Gasteiger partial charge in [-0.1, -0.05) is 42.5 Å². The van der Waals surface area contributed by atoms with Gasteiger partial charge < -0.3 is 4.42 Å². The largest absolute Gasteiger partial charge is 0.419 e. The molecule has 0 N–H and O–H groups in total. The molecule has 27 heavy (non-hydrogen) atoms. The Kier molecular flexibility index (Phi) is 5.32. The molecule has 0 saturated carbocycles. The first-order chi connectivity index (χ1) is 13.2. The van der Waals surface area contributed by atoms with Crippen LogP contribution in [0.2, 0.25) is 0 Å². The summed E-state index contributed by atoms with van der Waals surface area (Å²) in [5.41, 5.74) is 3.75. The van der Waals surface area contributed by atoms with Gasteiger partial charge in [-0.2, -0.15) is 0 Å². The summed E-state index contributed by atoms with van der Waals surface area (Å²) < 4.78 is 5.95. The van der Waals surface area contributed by atoms with Crippen molar-refractivity contribution in [3.63, 3.8) is 0 Å². The van der Waals surface area contributed by atoms with E-state index >= 15 is 0 Å². The molecule has 0 aliphatic carbocycles. The van der Waals surface area contributed by atoms with Crippen molar-refractivity contribution in [1.82, 2.24) is 20.0 Å². The lowest BCUT2D eigenvalue weighted by molar-refractivity contribution is 0.0875. The van der Waals surface area contributed by atoms with E-state index in [4.69, 9.17) is 4.42 Å². The molecule has 2 aromatic carbocycles. The van der Waals surface area contributed by atoms with E-state index in [2.05, 4.69) is 58.1 Å². The fraction of sp³-hybridized carbons (Fsp3) is 0.364. The SMILES string of the molecule is Cc1ccccc1CN1CCN([C@H](C)c2nnc(-c3ccccc3)o2)CC1. The predicted octanol–water partition coefficient (Wildman–Crippen LogP) is 3.92. The van der Waals surface area contributed by atoms with E-state index in [0.717, 1.165) is 38.3 Å². The Labute approximate surface area is 160 Å². The van der Waals surface area contributed by atoms with Crippen molar-refractivity contribution in [3.05, 3.63) is 71.6 Å². The number of hydrogen-bond acceptors (Lipinski definition) is 5. The molecule has 0 radical (unpaired) electrons. The lowest BCUT2D eigenvalue weighted by Gasteiger charge is -2.37. The first-order valence-corrected chi connectivity index (χ1v) is 9.60. The number of rotatable bonds is 5. The molecule has 1 atom stereocenters. The topological polar surface area (TPSA) is 45.4 Å². The van der Waals surface area contributed by atoms with E-state index in [1.165, 1.54) is 11.1 Å². The smallest absolute Gasteiger partial charge is 0.247 e. The summed E-state index contributed by atoms with van der Waals surface area (Å²) >= 11 is 0. The number of aryl methyl sites for hydroxylation is 1. The molecule has 3 aromatic rings. The average molecular weight is 362 g/mol. The van der Waals surface area contributed by atoms with Crippen LogP contribution in [0, 0.1) is 6.92 Å². The third kappa shape index (κ3) is 4.10. The van der Waals surface area contributed by atoms with Crippen LogP contribution in [0.5, 0.6) is 0 Å². The summed E-state index contributed by atoms with van der Waals surface area (Å²) in [6.45, 7) is 9.49. The highest BCUT2D eigenvalue weighted by molar-refractivity contribution is 5.51. The molecule has 4 rings (SSSR count). The molecular formula is C22H26N4O. The van der Waals surface area contributed by atoms with Crippen LogP contribution in [-0.4, -0.2) is 46.2 Å². The van der Waals surface area contributed by atoms with Crippen molar-refractivity contribution in [3.8, 4) is 11.5 Å². The zero-order valence-corrected chi connectivity index (χ0v) is 16.0. The highest BCUT2D eigenvalue weighted by Gasteiger charge is 2.26. The van der Waals surface area contributed by atoms with Gasteiger partial charge >= 0.3 is 0 Å². The first kappa shape index (κ1) is 17.9. The lowest BCUT2D eigenvalue weighted by Crippen LogP contribution is -2.46. The van der Waals surface area contributed by atoms with Gasteiger partial charge in [0, 0.05) is 38.3 Å². The molecule has 5 nitrogen and oxygen atoms in total. The van der Waals surface area contributed by atoms with Crippen molar-refractivity contribution in [2.75, 3.05) is 26.2 Å². The summed E-state index contributed by atoms with van der Waals surface area (Å²) in [4.78, 5) is 4.95. The first-order valence-electron chi connectivity index (χ1n) is 9.60. The molecule has 140 valence electrons. The van der Waals surface area contributed by atoms with Crippen LogP contribution in [0.3, 0.4) is 0 Å². The minimum atomic E-state index is 0.135. The maximum Gasteiger partial charge on any atom is 0.247 e. The van der Waals surface area contributed by atoms with Crippen molar-refractivity contribution in [1.29, 1.82) is 0 Å². The predicted molar refractivity (Wildman–Crippen MR) is 106 cm³/mol. The fourth-order valence-corrected chi connectivity index (χ4v) is 3.59. The van der Waals surface area contributed by atoms with Crippen molar-refractivity contribution < 1.29 is 4.42 Å². The highest BCUT2D eigenvalue weighted by atomic mass is 16.4. The molecular weight excluding hydrogens is 336 g/mol. The fourth-order valence-electron chi connectivity index (χ4n) is 3.59. The van der Waals surface area contributed by atoms with Gasteiger partial charge in [0.25, 0.3) is 0 Å². The monoisotopic (exact) mass is 362 g/mol. The van der Waals surface area contributed by atoms with E-state index in [1.807, 2.05) is 30.3 Å². The maximum absolute atomic E-state index is 5.95. The van der Waals surface area contributed by atoms with Crippen LogP contribution in [-0.2, 0) is 6.54 Å². The Morgan fingerprint density at radius 1 is 0.926 bits per heavy atom. The zero-order chi connectivity index (χ0) is 18.6. The van der Waals surface area contributed by atoms with Gasteiger partial charge in [-0.3, -0.25) is 9.80 Å². The summed E-state index contributed by atoms with van der Waals surface area (Å²) in [5, 5.41) is 8.52. The quantitative estimate of drug-likeness (QED) is 0.688. The van der Waals surface area contributed by atoms with Gasteiger partial charge in [-0.05, 0) is 37.1 Å². The van der Waals surface area contributed by atoms with Crippen LogP contribution in [0.1, 0.15) is 30.0 Å². The van der Waals surface area contributed by atoms with Gasteiger partial charge in [-0.25, -0.2) is 0 Å². The molecule has 1 aliphatic heterocycles. The van der Waals surface area contributed by atoms with Crippen LogP contribution in [0.25, 0.3) is 11.5 Å². The molecule has 0 bridgehead atoms. The third-order valence-electron chi connectivity index (χ3n) is 5.43. The van der Waals surface area contributed by atoms with Gasteiger partial charge in [0.2, 0.25) is 11.8 Å². The molecule has 1 fully saturated rings. The van der Waals surface area contributed by atoms with E-state index in [-0.39, 0.29) is 6.04 Å². The van der Waals surface area contributed by atoms with Gasteiger partial charge in [0.1, 0.15) is 0 Å². The van der Waals surface area contributed by atoms with Crippen LogP contribution in [0.15, 0.2) is 59.0 Å². The Bertz CT molecular complexity index is 869. The summed E-state index contributed by atoms with van der Waals surface area (Å²) in [7, 11) is 0. The van der Waals surface area contributed by atoms with Gasteiger partial charge in [-0.15, -0.1) is 10.2 Å². The Morgan fingerprint density at radius 2 is 1.63 bits per heavy atom. The standard InChI is InChI=1S/C22H26N4O/c1-17-8-6-7-11-20(17)16-25-12-14-26(15-13-25)18(2)21-23-24-22(27-21)19-9-4-3-5-10-19/h3-11,18H,12-16H2,1-2H3/t18-/m1/s1. The van der Waals surface area contributed by atoms with E-state index < -0.39 is 0 Å². The lowest BCUT2D eigenvalue weighted by atomic mass is 10.1. The van der Waals surface area contributed by atoms with E-state index in [0.29, 0.717) is 11.8 Å². The van der Waals surface area contributed by atoms with Crippen LogP contribution in [0.4, 0.5) is 0 Å². The van der Waals surface area contributed by atoms with Crippen LogP contribution < -0.4 is 0 Å². The summed E-state index contributed by atoms with van der Waals surface area (Å²) in [5.74, 6) is 1.29. The number of benzene rings is 2. The molecule has 1 aromatic heterocycles. The number of nitrogens with zero attached hydrogens (tertiary/aromatic N) is 4. The summed E-state index contributed by atoms with van der Waals surface area (Å²) in [6.07, 6.45) is 0. The van der Waals surface area contributed by atoms with Gasteiger partial charge in [0.05, 0.1) is 6.04 Å². The number of piperazine rings is 1. The second-order valence-electron chi connectivity index (χ2n) is 7.23. The van der Waals surface area contributed by atoms with E-state index in [9.17, 15) is 0 Å². The molecule has 2 heterocycles. The highest BCUT2D eigenvalue weighted by Crippen LogP contribution is 2.25. The molecule has 5 heteroatoms. The number of hydrogen-bond donors (Lipinski definition) is 0. The molecule has 1 aliphatic rings. The Balaban J connectivity index is 1.36. The van der Waals surface area contributed by atoms with Crippen LogP contribution >= 0.6 is 0 Å². The van der Waals surface area contributed by atoms with E-state index in [1.54, 1.807) is 0 Å². The zero-order valence-electron chi connectivity index (χ0n) is 16.0. The summed E-state index contributed by atoms with van der Waals surface area (Å²) in [6, 6.07) is 18.7. The van der Waals surface area contributed by atoms with Crippen molar-refractivity contribution >= 4 is 0 Å². The second-order valence-corrected chi connectivity index (χ2v) is 7.23. The normalized spacial score (nSPS) is 17.1. The maximum atomic E-state index is 5.95. The molecule has 0 unspecified atom stereocenters. The Morgan fingerprint density at radius 3 is 2.37 bits per heavy atom. The molecule has 0 spiro atoms. The van der Waals surface area contributed by atoms with Crippen molar-refractivity contribution in [2.24, 2.45) is 0 Å². The minimum absolute atomic E-state index is 0.135. The number of aromatic nitrogens is 2. The van der Waals surface area contributed by atoms with Gasteiger partial charge in [0.15, 0.2) is 0 Å². The minimum Gasteiger partial charge on any atom is -0.419 e. The Hall–Kier alpha value is -2.50.